The fourth-order valence-electron chi connectivity index (χ4n) is 1.89. The van der Waals surface area contributed by atoms with Gasteiger partial charge in [-0.2, -0.15) is 0 Å². The Labute approximate surface area is 113 Å². The SMILES string of the molecule is C=C(c1cc(NC)ccc1F)N(C)c1ccccc1. The lowest BCUT2D eigenvalue weighted by Gasteiger charge is -2.22. The molecule has 0 aliphatic carbocycles. The Balaban J connectivity index is 2.34. The van der Waals surface area contributed by atoms with Gasteiger partial charge in [0, 0.05) is 36.7 Å². The number of nitrogens with zero attached hydrogens (tertiary/aromatic N) is 1. The maximum Gasteiger partial charge on any atom is 0.132 e. The molecule has 2 rings (SSSR count). The molecule has 3 heteroatoms. The van der Waals surface area contributed by atoms with E-state index in [9.17, 15) is 4.39 Å². The number of hydrogen-bond acceptors (Lipinski definition) is 2. The Kier molecular flexibility index (Phi) is 3.85. The maximum absolute atomic E-state index is 13.9. The molecular weight excluding hydrogens is 239 g/mol. The highest BCUT2D eigenvalue weighted by atomic mass is 19.1. The van der Waals surface area contributed by atoms with Crippen molar-refractivity contribution in [3.8, 4) is 0 Å². The summed E-state index contributed by atoms with van der Waals surface area (Å²) < 4.78 is 13.9. The lowest BCUT2D eigenvalue weighted by atomic mass is 10.1. The molecule has 0 saturated heterocycles. The van der Waals surface area contributed by atoms with Gasteiger partial charge in [-0.3, -0.25) is 0 Å². The predicted octanol–water partition coefficient (Wildman–Crippen LogP) is 3.97. The van der Waals surface area contributed by atoms with Gasteiger partial charge in [-0.15, -0.1) is 0 Å². The van der Waals surface area contributed by atoms with Gasteiger partial charge in [-0.25, -0.2) is 4.39 Å². The van der Waals surface area contributed by atoms with Crippen LogP contribution in [0.1, 0.15) is 5.56 Å². The van der Waals surface area contributed by atoms with Crippen LogP contribution in [0, 0.1) is 5.82 Å². The van der Waals surface area contributed by atoms with Gasteiger partial charge in [0.15, 0.2) is 0 Å². The number of halogens is 1. The van der Waals surface area contributed by atoms with Crippen molar-refractivity contribution in [3.05, 3.63) is 66.5 Å². The van der Waals surface area contributed by atoms with E-state index in [4.69, 9.17) is 0 Å². The molecule has 0 heterocycles. The Morgan fingerprint density at radius 2 is 1.84 bits per heavy atom. The predicted molar refractivity (Wildman–Crippen MR) is 79.8 cm³/mol. The maximum atomic E-state index is 13.9. The zero-order chi connectivity index (χ0) is 13.8. The van der Waals surface area contributed by atoms with E-state index in [1.807, 2.05) is 42.3 Å². The van der Waals surface area contributed by atoms with E-state index in [0.717, 1.165) is 11.4 Å². The average Bonchev–Trinajstić information content (AvgIpc) is 2.47. The summed E-state index contributed by atoms with van der Waals surface area (Å²) in [6.07, 6.45) is 0. The Morgan fingerprint density at radius 3 is 2.47 bits per heavy atom. The molecule has 2 nitrogen and oxygen atoms in total. The number of hydrogen-bond donors (Lipinski definition) is 1. The Bertz CT molecular complexity index is 579. The molecule has 2 aromatic carbocycles. The van der Waals surface area contributed by atoms with Crippen LogP contribution in [0.3, 0.4) is 0 Å². The molecule has 98 valence electrons. The van der Waals surface area contributed by atoms with Crippen molar-refractivity contribution in [2.45, 2.75) is 0 Å². The van der Waals surface area contributed by atoms with Crippen molar-refractivity contribution in [2.24, 2.45) is 0 Å². The second-order valence-electron chi connectivity index (χ2n) is 4.29. The summed E-state index contributed by atoms with van der Waals surface area (Å²) in [5.74, 6) is -0.271. The fraction of sp³-hybridized carbons (Fsp3) is 0.125. The van der Waals surface area contributed by atoms with Gasteiger partial charge in [0.25, 0.3) is 0 Å². The molecule has 0 amide bonds. The third kappa shape index (κ3) is 2.76. The molecule has 0 aromatic heterocycles. The second-order valence-corrected chi connectivity index (χ2v) is 4.29. The minimum absolute atomic E-state index is 0.271. The summed E-state index contributed by atoms with van der Waals surface area (Å²) in [5.41, 5.74) is 2.96. The standard InChI is InChI=1S/C16H17FN2/c1-12(19(3)14-7-5-4-6-8-14)15-11-13(18-2)9-10-16(15)17/h4-11,18H,1H2,2-3H3. The third-order valence-electron chi connectivity index (χ3n) is 3.11. The first kappa shape index (κ1) is 13.1. The van der Waals surface area contributed by atoms with Gasteiger partial charge in [-0.05, 0) is 30.3 Å². The van der Waals surface area contributed by atoms with Crippen molar-refractivity contribution >= 4 is 17.1 Å². The quantitative estimate of drug-likeness (QED) is 0.890. The van der Waals surface area contributed by atoms with Gasteiger partial charge < -0.3 is 10.2 Å². The second kappa shape index (κ2) is 5.57. The van der Waals surface area contributed by atoms with E-state index in [1.54, 1.807) is 19.2 Å². The van der Waals surface area contributed by atoms with E-state index in [2.05, 4.69) is 11.9 Å². The first-order chi connectivity index (χ1) is 9.13. The van der Waals surface area contributed by atoms with E-state index >= 15 is 0 Å². The highest BCUT2D eigenvalue weighted by Gasteiger charge is 2.12. The smallest absolute Gasteiger partial charge is 0.132 e. The molecular formula is C16H17FN2. The van der Waals surface area contributed by atoms with Gasteiger partial charge in [0.05, 0.1) is 0 Å². The highest BCUT2D eigenvalue weighted by molar-refractivity contribution is 5.78. The van der Waals surface area contributed by atoms with Crippen LogP contribution in [0.5, 0.6) is 0 Å². The van der Waals surface area contributed by atoms with Crippen LogP contribution < -0.4 is 10.2 Å². The van der Waals surface area contributed by atoms with Crippen LogP contribution in [-0.4, -0.2) is 14.1 Å². The molecule has 0 bridgehead atoms. The summed E-state index contributed by atoms with van der Waals surface area (Å²) >= 11 is 0. The van der Waals surface area contributed by atoms with Crippen LogP contribution in [0.4, 0.5) is 15.8 Å². The van der Waals surface area contributed by atoms with E-state index in [1.165, 1.54) is 6.07 Å². The number of benzene rings is 2. The molecule has 0 atom stereocenters. The number of rotatable bonds is 4. The zero-order valence-corrected chi connectivity index (χ0v) is 11.2. The molecule has 0 fully saturated rings. The summed E-state index contributed by atoms with van der Waals surface area (Å²) in [5, 5.41) is 3.00. The minimum atomic E-state index is -0.271. The topological polar surface area (TPSA) is 15.3 Å². The van der Waals surface area contributed by atoms with Crippen molar-refractivity contribution in [1.82, 2.24) is 0 Å². The summed E-state index contributed by atoms with van der Waals surface area (Å²) in [6, 6.07) is 14.7. The largest absolute Gasteiger partial charge is 0.388 e. The zero-order valence-electron chi connectivity index (χ0n) is 11.2. The number of nitrogens with one attached hydrogen (secondary N) is 1. The summed E-state index contributed by atoms with van der Waals surface area (Å²) in [4.78, 5) is 1.87. The third-order valence-corrected chi connectivity index (χ3v) is 3.11. The molecule has 1 N–H and O–H groups in total. The molecule has 19 heavy (non-hydrogen) atoms. The molecule has 0 spiro atoms. The van der Waals surface area contributed by atoms with Crippen molar-refractivity contribution in [3.63, 3.8) is 0 Å². The first-order valence-electron chi connectivity index (χ1n) is 6.09. The van der Waals surface area contributed by atoms with Crippen molar-refractivity contribution in [2.75, 3.05) is 24.3 Å². The van der Waals surface area contributed by atoms with E-state index in [0.29, 0.717) is 11.3 Å². The van der Waals surface area contributed by atoms with Gasteiger partial charge >= 0.3 is 0 Å². The lowest BCUT2D eigenvalue weighted by molar-refractivity contribution is 0.623. The molecule has 0 aliphatic heterocycles. The van der Waals surface area contributed by atoms with E-state index < -0.39 is 0 Å². The highest BCUT2D eigenvalue weighted by Crippen LogP contribution is 2.26. The Morgan fingerprint density at radius 1 is 1.16 bits per heavy atom. The van der Waals surface area contributed by atoms with E-state index in [-0.39, 0.29) is 5.82 Å². The van der Waals surface area contributed by atoms with Crippen LogP contribution in [0.15, 0.2) is 55.1 Å². The summed E-state index contributed by atoms with van der Waals surface area (Å²) in [7, 11) is 3.68. The van der Waals surface area contributed by atoms with Crippen LogP contribution >= 0.6 is 0 Å². The number of anilines is 2. The minimum Gasteiger partial charge on any atom is -0.388 e. The van der Waals surface area contributed by atoms with Gasteiger partial charge in [0.1, 0.15) is 5.82 Å². The first-order valence-corrected chi connectivity index (χ1v) is 6.09. The van der Waals surface area contributed by atoms with Crippen LogP contribution in [-0.2, 0) is 0 Å². The van der Waals surface area contributed by atoms with Crippen molar-refractivity contribution < 1.29 is 4.39 Å². The Hall–Kier alpha value is -2.29. The molecule has 0 saturated carbocycles. The fourth-order valence-corrected chi connectivity index (χ4v) is 1.89. The van der Waals surface area contributed by atoms with Crippen molar-refractivity contribution in [1.29, 1.82) is 0 Å². The normalized spacial score (nSPS) is 10.1. The average molecular weight is 256 g/mol. The summed E-state index contributed by atoms with van der Waals surface area (Å²) in [6.45, 7) is 4.00. The van der Waals surface area contributed by atoms with Gasteiger partial charge in [0.2, 0.25) is 0 Å². The number of para-hydroxylation sites is 1. The van der Waals surface area contributed by atoms with Gasteiger partial charge in [-0.1, -0.05) is 24.8 Å². The molecule has 2 aromatic rings. The monoisotopic (exact) mass is 256 g/mol. The molecule has 0 aliphatic rings. The van der Waals surface area contributed by atoms with Crippen LogP contribution in [0.2, 0.25) is 0 Å². The lowest BCUT2D eigenvalue weighted by Crippen LogP contribution is -2.15. The molecule has 0 radical (unpaired) electrons. The van der Waals surface area contributed by atoms with Crippen LogP contribution in [0.25, 0.3) is 5.70 Å². The molecule has 0 unspecified atom stereocenters.